The number of anilines is 1. The van der Waals surface area contributed by atoms with Gasteiger partial charge in [-0.1, -0.05) is 0 Å². The first-order valence-electron chi connectivity index (χ1n) is 5.73. The molecule has 0 amide bonds. The van der Waals surface area contributed by atoms with Gasteiger partial charge in [-0.05, 0) is 13.8 Å². The Morgan fingerprint density at radius 3 is 2.95 bits per heavy atom. The van der Waals surface area contributed by atoms with Crippen LogP contribution in [0, 0.1) is 6.92 Å². The van der Waals surface area contributed by atoms with Gasteiger partial charge in [-0.15, -0.1) is 5.10 Å². The average Bonchev–Trinajstić information content (AvgIpc) is 2.90. The van der Waals surface area contributed by atoms with Gasteiger partial charge in [0.25, 0.3) is 5.82 Å². The van der Waals surface area contributed by atoms with Gasteiger partial charge < -0.3 is 10.1 Å². The second kappa shape index (κ2) is 5.42. The highest BCUT2D eigenvalue weighted by Crippen LogP contribution is 2.11. The molecule has 0 bridgehead atoms. The molecule has 2 aromatic heterocycles. The first-order valence-corrected chi connectivity index (χ1v) is 5.73. The van der Waals surface area contributed by atoms with Gasteiger partial charge in [0.1, 0.15) is 6.33 Å². The van der Waals surface area contributed by atoms with Crippen LogP contribution in [0.15, 0.2) is 12.5 Å². The van der Waals surface area contributed by atoms with E-state index in [1.54, 1.807) is 6.20 Å². The predicted molar refractivity (Wildman–Crippen MR) is 67.2 cm³/mol. The minimum absolute atomic E-state index is 0.00878. The van der Waals surface area contributed by atoms with Gasteiger partial charge in [-0.2, -0.15) is 4.98 Å². The van der Waals surface area contributed by atoms with E-state index >= 15 is 0 Å². The van der Waals surface area contributed by atoms with Crippen molar-refractivity contribution >= 4 is 11.9 Å². The maximum absolute atomic E-state index is 11.3. The number of hydrogen-bond donors (Lipinski definition) is 1. The molecule has 0 aromatic carbocycles. The summed E-state index contributed by atoms with van der Waals surface area (Å²) in [6.07, 6.45) is 3.09. The molecule has 0 aliphatic rings. The normalized spacial score (nSPS) is 10.3. The third-order valence-corrected chi connectivity index (χ3v) is 2.36. The molecule has 0 aliphatic heterocycles. The van der Waals surface area contributed by atoms with Crippen LogP contribution in [0.4, 0.5) is 5.95 Å². The summed E-state index contributed by atoms with van der Waals surface area (Å²) in [7, 11) is 1.28. The molecule has 0 saturated heterocycles. The largest absolute Gasteiger partial charge is 0.463 e. The molecule has 0 aliphatic carbocycles. The van der Waals surface area contributed by atoms with E-state index in [1.165, 1.54) is 18.1 Å². The van der Waals surface area contributed by atoms with E-state index in [9.17, 15) is 4.79 Å². The molecular formula is C11H14N6O2. The number of ether oxygens (including phenoxy) is 1. The number of carbonyl (C=O) groups is 1. The second-order valence-corrected chi connectivity index (χ2v) is 3.73. The number of aryl methyl sites for hydroxylation is 1. The number of esters is 1. The zero-order valence-electron chi connectivity index (χ0n) is 10.9. The van der Waals surface area contributed by atoms with Crippen LogP contribution in [0.2, 0.25) is 0 Å². The van der Waals surface area contributed by atoms with Gasteiger partial charge in [0.15, 0.2) is 5.82 Å². The third kappa shape index (κ3) is 2.67. The lowest BCUT2D eigenvalue weighted by Gasteiger charge is -2.06. The molecule has 100 valence electrons. The molecule has 0 spiro atoms. The number of aromatic nitrogens is 5. The Balaban J connectivity index is 2.37. The zero-order valence-corrected chi connectivity index (χ0v) is 10.9. The summed E-state index contributed by atoms with van der Waals surface area (Å²) in [6, 6.07) is 0. The Labute approximate surface area is 109 Å². The molecule has 1 N–H and O–H groups in total. The monoisotopic (exact) mass is 262 g/mol. The molecular weight excluding hydrogens is 248 g/mol. The summed E-state index contributed by atoms with van der Waals surface area (Å²) in [6.45, 7) is 4.52. The topological polar surface area (TPSA) is 94.8 Å². The van der Waals surface area contributed by atoms with Gasteiger partial charge in [-0.25, -0.2) is 19.4 Å². The van der Waals surface area contributed by atoms with Gasteiger partial charge in [0, 0.05) is 18.3 Å². The fraction of sp³-hybridized carbons (Fsp3) is 0.364. The van der Waals surface area contributed by atoms with Crippen LogP contribution >= 0.6 is 0 Å². The molecule has 2 rings (SSSR count). The summed E-state index contributed by atoms with van der Waals surface area (Å²) < 4.78 is 5.98. The smallest absolute Gasteiger partial charge is 0.377 e. The lowest BCUT2D eigenvalue weighted by atomic mass is 10.3. The summed E-state index contributed by atoms with van der Waals surface area (Å²) in [5.74, 6) is 0.467. The highest BCUT2D eigenvalue weighted by molar-refractivity contribution is 5.84. The van der Waals surface area contributed by atoms with Crippen LogP contribution < -0.4 is 5.32 Å². The van der Waals surface area contributed by atoms with Crippen molar-refractivity contribution in [1.82, 2.24) is 24.7 Å². The minimum Gasteiger partial charge on any atom is -0.463 e. The maximum Gasteiger partial charge on any atom is 0.377 e. The molecule has 0 saturated carbocycles. The summed E-state index contributed by atoms with van der Waals surface area (Å²) in [5.41, 5.74) is 0.822. The third-order valence-electron chi connectivity index (χ3n) is 2.36. The highest BCUT2D eigenvalue weighted by atomic mass is 16.5. The standard InChI is InChI=1S/C11H14N6O2/c1-4-12-11-13-5-7(2)9(15-11)17-6-14-8(16-17)10(18)19-3/h5-6H,4H2,1-3H3,(H,12,13,15). The Bertz CT molecular complexity index is 595. The average molecular weight is 262 g/mol. The highest BCUT2D eigenvalue weighted by Gasteiger charge is 2.14. The van der Waals surface area contributed by atoms with Crippen molar-refractivity contribution in [3.05, 3.63) is 23.9 Å². The number of hydrogen-bond acceptors (Lipinski definition) is 7. The fourth-order valence-corrected chi connectivity index (χ4v) is 1.46. The second-order valence-electron chi connectivity index (χ2n) is 3.73. The van der Waals surface area contributed by atoms with E-state index in [2.05, 4.69) is 30.1 Å². The molecule has 8 heteroatoms. The van der Waals surface area contributed by atoms with Crippen LogP contribution in [0.5, 0.6) is 0 Å². The van der Waals surface area contributed by atoms with Crippen LogP contribution in [-0.4, -0.2) is 44.4 Å². The van der Waals surface area contributed by atoms with E-state index in [-0.39, 0.29) is 5.82 Å². The van der Waals surface area contributed by atoms with Crippen LogP contribution in [0.25, 0.3) is 5.82 Å². The number of rotatable bonds is 4. The van der Waals surface area contributed by atoms with Gasteiger partial charge in [0.2, 0.25) is 5.95 Å². The quantitative estimate of drug-likeness (QED) is 0.805. The number of nitrogens with one attached hydrogen (secondary N) is 1. The first kappa shape index (κ1) is 12.9. The Morgan fingerprint density at radius 2 is 2.26 bits per heavy atom. The van der Waals surface area contributed by atoms with Crippen molar-refractivity contribution in [2.75, 3.05) is 19.0 Å². The fourth-order valence-electron chi connectivity index (χ4n) is 1.46. The maximum atomic E-state index is 11.3. The Morgan fingerprint density at radius 1 is 1.47 bits per heavy atom. The minimum atomic E-state index is -0.586. The summed E-state index contributed by atoms with van der Waals surface area (Å²) in [5, 5.41) is 7.04. The van der Waals surface area contributed by atoms with Crippen LogP contribution in [0.3, 0.4) is 0 Å². The van der Waals surface area contributed by atoms with Gasteiger partial charge in [-0.3, -0.25) is 0 Å². The number of nitrogens with zero attached hydrogens (tertiary/aromatic N) is 5. The lowest BCUT2D eigenvalue weighted by molar-refractivity contribution is 0.0587. The van der Waals surface area contributed by atoms with Crippen LogP contribution in [0.1, 0.15) is 23.1 Å². The lowest BCUT2D eigenvalue weighted by Crippen LogP contribution is -2.09. The summed E-state index contributed by atoms with van der Waals surface area (Å²) >= 11 is 0. The molecule has 2 heterocycles. The number of methoxy groups -OCH3 is 1. The molecule has 0 atom stereocenters. The van der Waals surface area contributed by atoms with Crippen molar-refractivity contribution in [1.29, 1.82) is 0 Å². The van der Waals surface area contributed by atoms with Crippen LogP contribution in [-0.2, 0) is 4.74 Å². The predicted octanol–water partition coefficient (Wildman–Crippen LogP) is 0.584. The van der Waals surface area contributed by atoms with E-state index < -0.39 is 5.97 Å². The van der Waals surface area contributed by atoms with Crippen molar-refractivity contribution in [3.8, 4) is 5.82 Å². The van der Waals surface area contributed by atoms with E-state index in [1.807, 2.05) is 13.8 Å². The van der Waals surface area contributed by atoms with E-state index in [4.69, 9.17) is 0 Å². The molecule has 8 nitrogen and oxygen atoms in total. The molecule has 0 radical (unpaired) electrons. The van der Waals surface area contributed by atoms with Crippen molar-refractivity contribution in [3.63, 3.8) is 0 Å². The molecule has 19 heavy (non-hydrogen) atoms. The van der Waals surface area contributed by atoms with Crippen molar-refractivity contribution < 1.29 is 9.53 Å². The molecule has 0 fully saturated rings. The van der Waals surface area contributed by atoms with Crippen molar-refractivity contribution in [2.45, 2.75) is 13.8 Å². The summed E-state index contributed by atoms with van der Waals surface area (Å²) in [4.78, 5) is 23.6. The Kier molecular flexibility index (Phi) is 3.69. The molecule has 2 aromatic rings. The van der Waals surface area contributed by atoms with E-state index in [0.717, 1.165) is 5.56 Å². The van der Waals surface area contributed by atoms with E-state index in [0.29, 0.717) is 18.3 Å². The SMILES string of the molecule is CCNc1ncc(C)c(-n2cnc(C(=O)OC)n2)n1. The van der Waals surface area contributed by atoms with Gasteiger partial charge in [0.05, 0.1) is 7.11 Å². The zero-order chi connectivity index (χ0) is 13.8. The Hall–Kier alpha value is -2.51. The first-order chi connectivity index (χ1) is 9.15. The van der Waals surface area contributed by atoms with Crippen molar-refractivity contribution in [2.24, 2.45) is 0 Å². The number of carbonyl (C=O) groups excluding carboxylic acids is 1. The molecule has 0 unspecified atom stereocenters. The van der Waals surface area contributed by atoms with Gasteiger partial charge >= 0.3 is 5.97 Å².